The van der Waals surface area contributed by atoms with Crippen LogP contribution in [0, 0.1) is 11.3 Å². The molecule has 1 aromatic carbocycles. The average Bonchev–Trinajstić information content (AvgIpc) is 2.28. The zero-order valence-electron chi connectivity index (χ0n) is 9.86. The molecule has 0 amide bonds. The predicted octanol–water partition coefficient (Wildman–Crippen LogP) is 2.22. The number of nitriles is 1. The fourth-order valence-corrected chi connectivity index (χ4v) is 1.50. The van der Waals surface area contributed by atoms with E-state index in [1.165, 1.54) is 11.1 Å². The third-order valence-corrected chi connectivity index (χ3v) is 2.35. The number of benzene rings is 1. The van der Waals surface area contributed by atoms with Gasteiger partial charge in [-0.2, -0.15) is 5.26 Å². The Labute approximate surface area is 97.0 Å². The van der Waals surface area contributed by atoms with E-state index in [4.69, 9.17) is 10.00 Å². The fraction of sp³-hybridized carbons (Fsp3) is 0.462. The maximum absolute atomic E-state index is 8.54. The maximum Gasteiger partial charge on any atom is 0.0713 e. The molecule has 16 heavy (non-hydrogen) atoms. The third kappa shape index (κ3) is 4.43. The van der Waals surface area contributed by atoms with Gasteiger partial charge in [0.1, 0.15) is 0 Å². The summed E-state index contributed by atoms with van der Waals surface area (Å²) in [6.45, 7) is 3.45. The van der Waals surface area contributed by atoms with E-state index in [9.17, 15) is 0 Å². The van der Waals surface area contributed by atoms with Crippen molar-refractivity contribution in [3.05, 3.63) is 35.4 Å². The first kappa shape index (κ1) is 12.7. The topological polar surface area (TPSA) is 45.0 Å². The van der Waals surface area contributed by atoms with Gasteiger partial charge in [0.25, 0.3) is 0 Å². The van der Waals surface area contributed by atoms with Gasteiger partial charge in [-0.05, 0) is 18.1 Å². The lowest BCUT2D eigenvalue weighted by molar-refractivity contribution is 0.185. The predicted molar refractivity (Wildman–Crippen MR) is 63.7 cm³/mol. The Morgan fingerprint density at radius 2 is 2.19 bits per heavy atom. The van der Waals surface area contributed by atoms with Crippen LogP contribution in [0.25, 0.3) is 0 Å². The lowest BCUT2D eigenvalue weighted by Crippen LogP contribution is -2.24. The molecule has 1 aromatic rings. The summed E-state index contributed by atoms with van der Waals surface area (Å²) < 4.78 is 5.08. The minimum Gasteiger partial charge on any atom is -0.380 e. The molecule has 1 rings (SSSR count). The highest BCUT2D eigenvalue weighted by atomic mass is 16.5. The van der Waals surface area contributed by atoms with E-state index in [1.807, 2.05) is 19.1 Å². The van der Waals surface area contributed by atoms with Crippen LogP contribution in [-0.2, 0) is 17.9 Å². The van der Waals surface area contributed by atoms with Crippen molar-refractivity contribution in [2.24, 2.45) is 0 Å². The molecule has 1 atom stereocenters. The number of methoxy groups -OCH3 is 1. The molecule has 0 saturated heterocycles. The van der Waals surface area contributed by atoms with Gasteiger partial charge in [-0.3, -0.25) is 0 Å². The van der Waals surface area contributed by atoms with Crippen molar-refractivity contribution in [3.63, 3.8) is 0 Å². The van der Waals surface area contributed by atoms with Gasteiger partial charge >= 0.3 is 0 Å². The van der Waals surface area contributed by atoms with E-state index >= 15 is 0 Å². The molecule has 0 spiro atoms. The number of hydrogen-bond donors (Lipinski definition) is 1. The molecule has 0 bridgehead atoms. The van der Waals surface area contributed by atoms with Crippen LogP contribution in [0.5, 0.6) is 0 Å². The van der Waals surface area contributed by atoms with Gasteiger partial charge in [0, 0.05) is 19.7 Å². The first-order valence-corrected chi connectivity index (χ1v) is 5.43. The van der Waals surface area contributed by atoms with Crippen molar-refractivity contribution in [2.45, 2.75) is 32.5 Å². The molecule has 0 radical (unpaired) electrons. The lowest BCUT2D eigenvalue weighted by Gasteiger charge is -2.10. The van der Waals surface area contributed by atoms with E-state index in [0.29, 0.717) is 13.0 Å². The van der Waals surface area contributed by atoms with Crippen molar-refractivity contribution in [1.29, 1.82) is 5.26 Å². The van der Waals surface area contributed by atoms with Crippen molar-refractivity contribution in [1.82, 2.24) is 5.32 Å². The highest BCUT2D eigenvalue weighted by Gasteiger charge is 2.01. The molecule has 1 N–H and O–H groups in total. The summed E-state index contributed by atoms with van der Waals surface area (Å²) in [5.41, 5.74) is 2.40. The Kier molecular flexibility index (Phi) is 5.55. The van der Waals surface area contributed by atoms with Gasteiger partial charge < -0.3 is 10.1 Å². The Morgan fingerprint density at radius 3 is 2.88 bits per heavy atom. The maximum atomic E-state index is 8.54. The quantitative estimate of drug-likeness (QED) is 0.796. The monoisotopic (exact) mass is 218 g/mol. The minimum absolute atomic E-state index is 0.232. The molecular formula is C13H18N2O. The molecule has 86 valence electrons. The summed E-state index contributed by atoms with van der Waals surface area (Å²) in [7, 11) is 1.69. The molecule has 3 nitrogen and oxygen atoms in total. The third-order valence-electron chi connectivity index (χ3n) is 2.35. The van der Waals surface area contributed by atoms with E-state index in [2.05, 4.69) is 23.5 Å². The van der Waals surface area contributed by atoms with Gasteiger partial charge in [-0.15, -0.1) is 0 Å². The average molecular weight is 218 g/mol. The standard InChI is InChI=1S/C13H18N2O/c1-11(6-7-14)15-9-12-4-3-5-13(8-12)10-16-2/h3-5,8,11,15H,6,9-10H2,1-2H3. The van der Waals surface area contributed by atoms with Crippen LogP contribution < -0.4 is 5.32 Å². The van der Waals surface area contributed by atoms with E-state index in [1.54, 1.807) is 7.11 Å². The molecule has 3 heteroatoms. The Hall–Kier alpha value is -1.37. The second-order valence-corrected chi connectivity index (χ2v) is 3.90. The molecule has 0 heterocycles. The zero-order chi connectivity index (χ0) is 11.8. The summed E-state index contributed by atoms with van der Waals surface area (Å²) in [4.78, 5) is 0. The first-order valence-electron chi connectivity index (χ1n) is 5.43. The van der Waals surface area contributed by atoms with Crippen LogP contribution in [0.1, 0.15) is 24.5 Å². The van der Waals surface area contributed by atoms with E-state index in [0.717, 1.165) is 6.54 Å². The number of ether oxygens (including phenoxy) is 1. The van der Waals surface area contributed by atoms with Crippen LogP contribution in [0.15, 0.2) is 24.3 Å². The summed E-state index contributed by atoms with van der Waals surface area (Å²) in [6.07, 6.45) is 0.539. The van der Waals surface area contributed by atoms with Crippen LogP contribution in [-0.4, -0.2) is 13.2 Å². The highest BCUT2D eigenvalue weighted by molar-refractivity contribution is 5.22. The zero-order valence-corrected chi connectivity index (χ0v) is 9.86. The Balaban J connectivity index is 2.47. The largest absolute Gasteiger partial charge is 0.380 e. The normalized spacial score (nSPS) is 12.1. The molecule has 0 aliphatic heterocycles. The highest BCUT2D eigenvalue weighted by Crippen LogP contribution is 2.06. The second kappa shape index (κ2) is 7.00. The smallest absolute Gasteiger partial charge is 0.0713 e. The molecular weight excluding hydrogens is 200 g/mol. The van der Waals surface area contributed by atoms with Crippen LogP contribution >= 0.6 is 0 Å². The van der Waals surface area contributed by atoms with Gasteiger partial charge in [-0.1, -0.05) is 24.3 Å². The number of hydrogen-bond acceptors (Lipinski definition) is 3. The molecule has 0 fully saturated rings. The van der Waals surface area contributed by atoms with E-state index in [-0.39, 0.29) is 6.04 Å². The van der Waals surface area contributed by atoms with Crippen molar-refractivity contribution in [2.75, 3.05) is 7.11 Å². The summed E-state index contributed by atoms with van der Waals surface area (Å²) in [6, 6.07) is 10.7. The van der Waals surface area contributed by atoms with Gasteiger partial charge in [-0.25, -0.2) is 0 Å². The molecule has 0 aliphatic carbocycles. The van der Waals surface area contributed by atoms with Crippen LogP contribution in [0.2, 0.25) is 0 Å². The summed E-state index contributed by atoms with van der Waals surface area (Å²) in [5, 5.41) is 11.8. The van der Waals surface area contributed by atoms with Crippen molar-refractivity contribution >= 4 is 0 Å². The van der Waals surface area contributed by atoms with E-state index < -0.39 is 0 Å². The first-order chi connectivity index (χ1) is 7.76. The minimum atomic E-state index is 0.232. The molecule has 0 saturated carbocycles. The van der Waals surface area contributed by atoms with Gasteiger partial charge in [0.05, 0.1) is 19.1 Å². The van der Waals surface area contributed by atoms with Crippen molar-refractivity contribution in [3.8, 4) is 6.07 Å². The number of rotatable bonds is 6. The van der Waals surface area contributed by atoms with Crippen LogP contribution in [0.4, 0.5) is 0 Å². The molecule has 1 unspecified atom stereocenters. The lowest BCUT2D eigenvalue weighted by atomic mass is 10.1. The SMILES string of the molecule is COCc1cccc(CNC(C)CC#N)c1. The molecule has 0 aromatic heterocycles. The van der Waals surface area contributed by atoms with Crippen molar-refractivity contribution < 1.29 is 4.74 Å². The second-order valence-electron chi connectivity index (χ2n) is 3.90. The summed E-state index contributed by atoms with van der Waals surface area (Å²) >= 11 is 0. The fourth-order valence-electron chi connectivity index (χ4n) is 1.50. The summed E-state index contributed by atoms with van der Waals surface area (Å²) in [5.74, 6) is 0. The van der Waals surface area contributed by atoms with Gasteiger partial charge in [0.2, 0.25) is 0 Å². The van der Waals surface area contributed by atoms with Crippen LogP contribution in [0.3, 0.4) is 0 Å². The Bertz CT molecular complexity index is 357. The number of nitrogens with one attached hydrogen (secondary N) is 1. The molecule has 0 aliphatic rings. The van der Waals surface area contributed by atoms with Gasteiger partial charge in [0.15, 0.2) is 0 Å². The Morgan fingerprint density at radius 1 is 1.44 bits per heavy atom. The number of nitrogens with zero attached hydrogens (tertiary/aromatic N) is 1.